The van der Waals surface area contributed by atoms with Crippen LogP contribution in [0.3, 0.4) is 0 Å². The first-order chi connectivity index (χ1) is 7.93. The van der Waals surface area contributed by atoms with Crippen molar-refractivity contribution >= 4 is 35.8 Å². The third kappa shape index (κ3) is 46.5. The molecule has 0 saturated carbocycles. The Morgan fingerprint density at radius 1 is 0.381 bits per heavy atom. The Bertz CT molecular complexity index is 282. The molecule has 0 aromatic heterocycles. The van der Waals surface area contributed by atoms with E-state index in [0.717, 1.165) is 0 Å². The molecule has 15 heteroatoms. The summed E-state index contributed by atoms with van der Waals surface area (Å²) in [5.74, 6) is -13.1. The van der Waals surface area contributed by atoms with Gasteiger partial charge >= 0.3 is 28.6 Å². The number of rotatable bonds is 0. The van der Waals surface area contributed by atoms with Crippen molar-refractivity contribution in [2.75, 3.05) is 0 Å². The number of carbonyl (C=O) groups is 6. The van der Waals surface area contributed by atoms with E-state index in [1.807, 2.05) is 0 Å². The number of hydrogen-bond donors (Lipinski definition) is 0. The molecular formula is C6H2Am2O13. The maximum atomic E-state index is 8.93. The van der Waals surface area contributed by atoms with E-state index in [2.05, 4.69) is 0 Å². The van der Waals surface area contributed by atoms with Crippen molar-refractivity contribution in [3.8, 4) is 0 Å². The maximum Gasteiger partial charge on any atom is 3.00 e. The summed E-state index contributed by atoms with van der Waals surface area (Å²) in [7, 11) is 0. The second kappa shape index (κ2) is 19.9. The zero-order chi connectivity index (χ0) is 15.5. The van der Waals surface area contributed by atoms with Crippen molar-refractivity contribution in [2.45, 2.75) is 0 Å². The van der Waals surface area contributed by atoms with E-state index in [0.29, 0.717) is 0 Å². The molecule has 0 atom stereocenters. The fourth-order valence-electron chi connectivity index (χ4n) is 0. The van der Waals surface area contributed by atoms with Gasteiger partial charge in [-0.05, 0) is 0 Å². The Morgan fingerprint density at radius 2 is 0.429 bits per heavy atom. The molecule has 0 radical (unpaired) electrons. The molecule has 2 N–H and O–H groups in total. The molecule has 0 bridgehead atoms. The van der Waals surface area contributed by atoms with Crippen LogP contribution in [-0.4, -0.2) is 41.3 Å². The van der Waals surface area contributed by atoms with Gasteiger partial charge in [-0.3, -0.25) is 0 Å². The van der Waals surface area contributed by atoms with Gasteiger partial charge in [0.1, 0.15) is 0 Å². The summed E-state index contributed by atoms with van der Waals surface area (Å²) in [4.78, 5) is 53.6. The standard InChI is InChI=1S/3C2H2O4.2Am.H2O/c3*3-1(4)2(5)6;;;/h3*(H,3,4)(H,5,6);;;1H2/q;;;2*+3;/p-6. The summed E-state index contributed by atoms with van der Waals surface area (Å²) in [6.07, 6.45) is 0. The number of carboxylic acids is 6. The largest absolute Gasteiger partial charge is 3.00 e. The molecule has 0 heterocycles. The topological polar surface area (TPSA) is 272 Å². The molecule has 0 spiro atoms. The zero-order valence-corrected chi connectivity index (χ0v) is 15.4. The van der Waals surface area contributed by atoms with Crippen LogP contribution in [0.5, 0.6) is 0 Å². The molecule has 118 valence electrons. The number of carboxylic acid groups (broad SMARTS) is 6. The molecule has 0 aliphatic heterocycles. The van der Waals surface area contributed by atoms with Gasteiger partial charge in [0.25, 0.3) is 0 Å². The average molecular weight is 768 g/mol. The first-order valence-corrected chi connectivity index (χ1v) is 3.20. The molecule has 0 fully saturated rings. The van der Waals surface area contributed by atoms with Crippen molar-refractivity contribution in [2.24, 2.45) is 0 Å². The smallest absolute Gasteiger partial charge is 0.543 e. The minimum atomic E-state index is -2.19. The van der Waals surface area contributed by atoms with Crippen LogP contribution in [0, 0.1) is 28.6 Å². The third-order valence-electron chi connectivity index (χ3n) is 0.500. The quantitative estimate of drug-likeness (QED) is 0.208. The van der Waals surface area contributed by atoms with Gasteiger partial charge in [-0.25, -0.2) is 0 Å². The van der Waals surface area contributed by atoms with Crippen molar-refractivity contribution < 1.29 is 93.4 Å². The second-order valence-electron chi connectivity index (χ2n) is 1.72. The van der Waals surface area contributed by atoms with Gasteiger partial charge in [0.05, 0.1) is 35.8 Å². The predicted molar refractivity (Wildman–Crippen MR) is 33.7 cm³/mol. The molecule has 0 amide bonds. The molecule has 0 aromatic rings. The maximum absolute atomic E-state index is 8.93. The van der Waals surface area contributed by atoms with E-state index in [1.54, 1.807) is 0 Å². The van der Waals surface area contributed by atoms with Crippen LogP contribution in [0.4, 0.5) is 0 Å². The van der Waals surface area contributed by atoms with Gasteiger partial charge in [-0.15, -0.1) is 0 Å². The molecule has 0 aliphatic carbocycles. The van der Waals surface area contributed by atoms with Crippen molar-refractivity contribution in [3.63, 3.8) is 0 Å². The molecule has 0 rings (SSSR count). The summed E-state index contributed by atoms with van der Waals surface area (Å²) < 4.78 is 0. The van der Waals surface area contributed by atoms with Gasteiger partial charge in [0, 0.05) is 0 Å². The third-order valence-corrected chi connectivity index (χ3v) is 0.500. The molecule has 0 unspecified atom stereocenters. The summed E-state index contributed by atoms with van der Waals surface area (Å²) in [6.45, 7) is 0. The first kappa shape index (κ1) is 36.3. The van der Waals surface area contributed by atoms with Gasteiger partial charge in [0.15, 0.2) is 0 Å². The normalized spacial score (nSPS) is 6.29. The Balaban J connectivity index is -0.0000000375. The molecule has 21 heavy (non-hydrogen) atoms. The molecule has 0 saturated heterocycles. The second-order valence-corrected chi connectivity index (χ2v) is 1.72. The Hall–Kier alpha value is -2.44. The number of aliphatic carboxylic acids is 6. The number of carbonyl (C=O) groups excluding carboxylic acids is 6. The molecule has 0 aromatic carbocycles. The fraction of sp³-hybridized carbons (Fsp3) is 0. The monoisotopic (exact) mass is 764 g/mol. The Morgan fingerprint density at radius 3 is 0.429 bits per heavy atom. The van der Waals surface area contributed by atoms with Crippen molar-refractivity contribution in [1.82, 2.24) is 0 Å². The predicted octanol–water partition coefficient (Wildman–Crippen LogP) is -11.4. The van der Waals surface area contributed by atoms with Crippen molar-refractivity contribution in [1.29, 1.82) is 0 Å². The van der Waals surface area contributed by atoms with E-state index >= 15 is 0 Å². The Kier molecular flexibility index (Phi) is 34.4. The van der Waals surface area contributed by atoms with E-state index in [4.69, 9.17) is 59.4 Å². The van der Waals surface area contributed by atoms with E-state index in [9.17, 15) is 0 Å². The summed E-state index contributed by atoms with van der Waals surface area (Å²) >= 11 is 0. The van der Waals surface area contributed by atoms with Crippen LogP contribution in [0.25, 0.3) is 0 Å². The SMILES string of the molecule is O.O=C([O-])C(=O)[O-].O=C([O-])C(=O)[O-].O=C([O-])C(=O)[O-].[Am+3].[Am+3]. The molecule has 0 aliphatic rings. The summed E-state index contributed by atoms with van der Waals surface area (Å²) in [5, 5.41) is 53.6. The van der Waals surface area contributed by atoms with Gasteiger partial charge in [-0.1, -0.05) is 0 Å². The first-order valence-electron chi connectivity index (χ1n) is 3.20. The van der Waals surface area contributed by atoms with E-state index < -0.39 is 35.8 Å². The van der Waals surface area contributed by atoms with Crippen molar-refractivity contribution in [3.05, 3.63) is 0 Å². The van der Waals surface area contributed by atoms with Gasteiger partial charge < -0.3 is 64.9 Å². The van der Waals surface area contributed by atoms with Gasteiger partial charge in [-0.2, -0.15) is 0 Å². The van der Waals surface area contributed by atoms with Crippen LogP contribution < -0.4 is 30.6 Å². The molecular weight excluding hydrogens is 766 g/mol. The minimum absolute atomic E-state index is 0. The zero-order valence-electron chi connectivity index (χ0n) is 9.15. The van der Waals surface area contributed by atoms with Crippen LogP contribution in [-0.2, 0) is 28.8 Å². The van der Waals surface area contributed by atoms with Crippen LogP contribution >= 0.6 is 0 Å². The van der Waals surface area contributed by atoms with Gasteiger partial charge in [0.2, 0.25) is 0 Å². The number of hydrogen-bond acceptors (Lipinski definition) is 12. The summed E-state index contributed by atoms with van der Waals surface area (Å²) in [6, 6.07) is 0. The average Bonchev–Trinajstić information content (AvgIpc) is 2.18. The molecule has 13 nitrogen and oxygen atoms in total. The fourth-order valence-corrected chi connectivity index (χ4v) is 0. The van der Waals surface area contributed by atoms with E-state index in [-0.39, 0.29) is 34.0 Å². The van der Waals surface area contributed by atoms with E-state index in [1.165, 1.54) is 0 Å². The minimum Gasteiger partial charge on any atom is -0.543 e. The van der Waals surface area contributed by atoms with Crippen LogP contribution in [0.2, 0.25) is 0 Å². The Labute approximate surface area is 130 Å². The van der Waals surface area contributed by atoms with Crippen LogP contribution in [0.15, 0.2) is 0 Å². The summed E-state index contributed by atoms with van der Waals surface area (Å²) in [5.41, 5.74) is 0. The van der Waals surface area contributed by atoms with Crippen LogP contribution in [0.1, 0.15) is 0 Å².